The molecule has 0 spiro atoms. The summed E-state index contributed by atoms with van der Waals surface area (Å²) in [6, 6.07) is 22.5. The Morgan fingerprint density at radius 2 is 1.77 bits per heavy atom. The molecule has 0 aliphatic carbocycles. The van der Waals surface area contributed by atoms with Gasteiger partial charge in [-0.2, -0.15) is 5.10 Å². The van der Waals surface area contributed by atoms with Gasteiger partial charge in [0.05, 0.1) is 24.6 Å². The van der Waals surface area contributed by atoms with Gasteiger partial charge >= 0.3 is 0 Å². The number of aliphatic imine (C=N–C) groups is 1. The highest BCUT2D eigenvalue weighted by molar-refractivity contribution is 6.06. The van der Waals surface area contributed by atoms with Crippen molar-refractivity contribution < 1.29 is 4.74 Å². The van der Waals surface area contributed by atoms with E-state index in [1.54, 1.807) is 13.3 Å². The molecule has 0 amide bonds. The van der Waals surface area contributed by atoms with Gasteiger partial charge in [-0.3, -0.25) is 4.98 Å². The molecule has 30 heavy (non-hydrogen) atoms. The van der Waals surface area contributed by atoms with Crippen LogP contribution in [-0.2, 0) is 0 Å². The van der Waals surface area contributed by atoms with Crippen molar-refractivity contribution in [3.8, 4) is 16.9 Å². The maximum Gasteiger partial charge on any atom is 0.159 e. The van der Waals surface area contributed by atoms with Gasteiger partial charge in [0.15, 0.2) is 5.82 Å². The predicted octanol–water partition coefficient (Wildman–Crippen LogP) is 5.38. The average Bonchev–Trinajstić information content (AvgIpc) is 3.15. The number of ether oxygens (including phenoxy) is 1. The second-order valence-electron chi connectivity index (χ2n) is 7.36. The van der Waals surface area contributed by atoms with Crippen LogP contribution in [-0.4, -0.2) is 27.6 Å². The number of fused-ring (bicyclic) bond motifs is 1. The maximum atomic E-state index is 5.63. The van der Waals surface area contributed by atoms with Crippen LogP contribution in [0.5, 0.6) is 5.75 Å². The van der Waals surface area contributed by atoms with Crippen LogP contribution in [0.4, 0.5) is 5.82 Å². The van der Waals surface area contributed by atoms with Crippen molar-refractivity contribution in [2.24, 2.45) is 4.99 Å². The minimum Gasteiger partial charge on any atom is -0.496 e. The third kappa shape index (κ3) is 3.08. The highest BCUT2D eigenvalue weighted by Crippen LogP contribution is 2.42. The van der Waals surface area contributed by atoms with Crippen LogP contribution in [0.3, 0.4) is 0 Å². The summed E-state index contributed by atoms with van der Waals surface area (Å²) in [6.07, 6.45) is 4.43. The molecule has 5 heteroatoms. The zero-order chi connectivity index (χ0) is 20.5. The van der Waals surface area contributed by atoms with E-state index in [0.29, 0.717) is 6.42 Å². The van der Waals surface area contributed by atoms with Gasteiger partial charge in [0.1, 0.15) is 5.75 Å². The molecule has 0 saturated carbocycles. The van der Waals surface area contributed by atoms with E-state index in [1.807, 2.05) is 60.3 Å². The van der Waals surface area contributed by atoms with E-state index in [1.165, 1.54) is 0 Å². The van der Waals surface area contributed by atoms with E-state index in [-0.39, 0.29) is 6.04 Å². The SMILES string of the molecule is COc1ccccc1C1=Nc2c(-c3ccccc3)c(C)nn2C(c2cccnc2)C1. The Labute approximate surface area is 175 Å². The van der Waals surface area contributed by atoms with E-state index < -0.39 is 0 Å². The summed E-state index contributed by atoms with van der Waals surface area (Å²) >= 11 is 0. The van der Waals surface area contributed by atoms with Gasteiger partial charge in [0.2, 0.25) is 0 Å². The number of nitrogens with zero attached hydrogens (tertiary/aromatic N) is 4. The summed E-state index contributed by atoms with van der Waals surface area (Å²) in [5, 5.41) is 4.91. The summed E-state index contributed by atoms with van der Waals surface area (Å²) in [7, 11) is 1.70. The Hall–Kier alpha value is -3.73. The Kier molecular flexibility index (Phi) is 4.64. The summed E-state index contributed by atoms with van der Waals surface area (Å²) in [5.74, 6) is 1.70. The number of hydrogen-bond acceptors (Lipinski definition) is 4. The van der Waals surface area contributed by atoms with Crippen LogP contribution >= 0.6 is 0 Å². The first-order chi connectivity index (χ1) is 14.8. The standard InChI is InChI=1S/C25H22N4O/c1-17-24(18-9-4-3-5-10-18)25-27-21(20-12-6-7-13-23(20)30-2)15-22(29(25)28-17)19-11-8-14-26-16-19/h3-14,16,22H,15H2,1-2H3. The quantitative estimate of drug-likeness (QED) is 0.467. The fourth-order valence-corrected chi connectivity index (χ4v) is 4.13. The number of benzene rings is 2. The molecule has 4 aromatic rings. The average molecular weight is 394 g/mol. The number of pyridine rings is 1. The van der Waals surface area contributed by atoms with Gasteiger partial charge < -0.3 is 4.74 Å². The lowest BCUT2D eigenvalue weighted by Gasteiger charge is -2.25. The molecule has 5 rings (SSSR count). The smallest absolute Gasteiger partial charge is 0.159 e. The van der Waals surface area contributed by atoms with Gasteiger partial charge in [-0.1, -0.05) is 48.5 Å². The molecule has 0 bridgehead atoms. The van der Waals surface area contributed by atoms with Gasteiger partial charge in [0, 0.05) is 29.9 Å². The first-order valence-corrected chi connectivity index (χ1v) is 10.0. The highest BCUT2D eigenvalue weighted by Gasteiger charge is 2.30. The second kappa shape index (κ2) is 7.59. The number of methoxy groups -OCH3 is 1. The van der Waals surface area contributed by atoms with Crippen molar-refractivity contribution in [1.29, 1.82) is 0 Å². The molecule has 5 nitrogen and oxygen atoms in total. The Morgan fingerprint density at radius 1 is 0.967 bits per heavy atom. The lowest BCUT2D eigenvalue weighted by atomic mass is 9.95. The van der Waals surface area contributed by atoms with E-state index in [2.05, 4.69) is 29.2 Å². The summed E-state index contributed by atoms with van der Waals surface area (Å²) < 4.78 is 7.68. The number of para-hydroxylation sites is 1. The van der Waals surface area contributed by atoms with Gasteiger partial charge in [-0.15, -0.1) is 0 Å². The number of rotatable bonds is 4. The van der Waals surface area contributed by atoms with Gasteiger partial charge in [-0.25, -0.2) is 9.67 Å². The summed E-state index contributed by atoms with van der Waals surface area (Å²) in [6.45, 7) is 2.05. The lowest BCUT2D eigenvalue weighted by Crippen LogP contribution is -2.21. The molecule has 1 unspecified atom stereocenters. The van der Waals surface area contributed by atoms with E-state index in [0.717, 1.165) is 45.2 Å². The van der Waals surface area contributed by atoms with Crippen molar-refractivity contribution in [1.82, 2.24) is 14.8 Å². The van der Waals surface area contributed by atoms with E-state index in [9.17, 15) is 0 Å². The molecular weight excluding hydrogens is 372 g/mol. The number of aromatic nitrogens is 3. The molecule has 148 valence electrons. The molecule has 3 heterocycles. The zero-order valence-corrected chi connectivity index (χ0v) is 17.0. The van der Waals surface area contributed by atoms with Crippen molar-refractivity contribution in [2.75, 3.05) is 7.11 Å². The highest BCUT2D eigenvalue weighted by atomic mass is 16.5. The Bertz CT molecular complexity index is 1210. The molecule has 0 N–H and O–H groups in total. The van der Waals surface area contributed by atoms with Crippen LogP contribution in [0.25, 0.3) is 11.1 Å². The van der Waals surface area contributed by atoms with Gasteiger partial charge in [-0.05, 0) is 36.2 Å². The zero-order valence-electron chi connectivity index (χ0n) is 17.0. The lowest BCUT2D eigenvalue weighted by molar-refractivity contribution is 0.413. The van der Waals surface area contributed by atoms with Crippen molar-refractivity contribution in [3.05, 3.63) is 95.9 Å². The molecule has 2 aromatic carbocycles. The normalized spacial score (nSPS) is 15.4. The first-order valence-electron chi connectivity index (χ1n) is 10.0. The number of hydrogen-bond donors (Lipinski definition) is 0. The molecular formula is C25H22N4O. The monoisotopic (exact) mass is 394 g/mol. The summed E-state index contributed by atoms with van der Waals surface area (Å²) in [4.78, 5) is 9.46. The van der Waals surface area contributed by atoms with Crippen LogP contribution < -0.4 is 4.74 Å². The van der Waals surface area contributed by atoms with E-state index in [4.69, 9.17) is 14.8 Å². The fourth-order valence-electron chi connectivity index (χ4n) is 4.13. The van der Waals surface area contributed by atoms with Crippen LogP contribution in [0.2, 0.25) is 0 Å². The predicted molar refractivity (Wildman–Crippen MR) is 119 cm³/mol. The third-order valence-corrected chi connectivity index (χ3v) is 5.53. The minimum absolute atomic E-state index is 0.0160. The molecule has 1 atom stereocenters. The van der Waals surface area contributed by atoms with Crippen molar-refractivity contribution in [3.63, 3.8) is 0 Å². The van der Waals surface area contributed by atoms with Gasteiger partial charge in [0.25, 0.3) is 0 Å². The molecule has 2 aromatic heterocycles. The third-order valence-electron chi connectivity index (χ3n) is 5.53. The van der Waals surface area contributed by atoms with Crippen molar-refractivity contribution >= 4 is 11.5 Å². The topological polar surface area (TPSA) is 52.3 Å². The molecule has 1 aliphatic rings. The maximum absolute atomic E-state index is 5.63. The van der Waals surface area contributed by atoms with Crippen LogP contribution in [0.1, 0.15) is 29.3 Å². The number of aryl methyl sites for hydroxylation is 1. The fraction of sp³-hybridized carbons (Fsp3) is 0.160. The molecule has 0 radical (unpaired) electrons. The first kappa shape index (κ1) is 18.3. The molecule has 0 fully saturated rings. The Balaban J connectivity index is 1.75. The van der Waals surface area contributed by atoms with E-state index >= 15 is 0 Å². The van der Waals surface area contributed by atoms with Crippen molar-refractivity contribution in [2.45, 2.75) is 19.4 Å². The molecule has 0 saturated heterocycles. The van der Waals surface area contributed by atoms with Crippen LogP contribution in [0, 0.1) is 6.92 Å². The molecule has 1 aliphatic heterocycles. The summed E-state index contributed by atoms with van der Waals surface area (Å²) in [5.41, 5.74) is 6.27. The largest absolute Gasteiger partial charge is 0.496 e. The minimum atomic E-state index is 0.0160. The van der Waals surface area contributed by atoms with Crippen LogP contribution in [0.15, 0.2) is 84.1 Å². The second-order valence-corrected chi connectivity index (χ2v) is 7.36. The Morgan fingerprint density at radius 3 is 2.53 bits per heavy atom.